The van der Waals surface area contributed by atoms with E-state index in [9.17, 15) is 9.90 Å². The van der Waals surface area contributed by atoms with Crippen molar-refractivity contribution in [2.24, 2.45) is 0 Å². The summed E-state index contributed by atoms with van der Waals surface area (Å²) in [6, 6.07) is 9.10. The summed E-state index contributed by atoms with van der Waals surface area (Å²) in [4.78, 5) is 12.1. The maximum absolute atomic E-state index is 12.1. The Hall–Kier alpha value is -2.47. The van der Waals surface area contributed by atoms with Crippen LogP contribution in [0, 0.1) is 0 Å². The van der Waals surface area contributed by atoms with Crippen LogP contribution in [0.25, 0.3) is 0 Å². The number of hydrogen-bond donors (Lipinski definition) is 2. The first kappa shape index (κ1) is 17.9. The van der Waals surface area contributed by atoms with Crippen molar-refractivity contribution in [2.75, 3.05) is 20.8 Å². The van der Waals surface area contributed by atoms with Crippen LogP contribution in [0.5, 0.6) is 11.5 Å². The summed E-state index contributed by atoms with van der Waals surface area (Å²) >= 11 is 0. The highest BCUT2D eigenvalue weighted by Crippen LogP contribution is 2.29. The van der Waals surface area contributed by atoms with Crippen LogP contribution < -0.4 is 14.8 Å². The Morgan fingerprint density at radius 2 is 1.96 bits per heavy atom. The van der Waals surface area contributed by atoms with Gasteiger partial charge < -0.3 is 24.5 Å². The predicted molar refractivity (Wildman–Crippen MR) is 91.3 cm³/mol. The summed E-state index contributed by atoms with van der Waals surface area (Å²) in [5, 5.41) is 13.1. The monoisotopic (exact) mass is 332 g/mol. The molecule has 1 aromatic carbocycles. The molecular weight excluding hydrogens is 308 g/mol. The zero-order chi connectivity index (χ0) is 17.5. The molecule has 24 heavy (non-hydrogen) atoms. The molecule has 0 aliphatic rings. The number of ether oxygens (including phenoxy) is 2. The van der Waals surface area contributed by atoms with Crippen molar-refractivity contribution in [2.45, 2.75) is 25.5 Å². The van der Waals surface area contributed by atoms with E-state index < -0.39 is 6.10 Å². The van der Waals surface area contributed by atoms with Crippen molar-refractivity contribution >= 4 is 5.91 Å². The molecule has 0 bridgehead atoms. The molecule has 1 amide bonds. The SMILES string of the molecule is COc1ccc(OC)c([C@H](O)CNC(=O)C[C@@H](C)n2cccc2)c1. The minimum Gasteiger partial charge on any atom is -0.497 e. The number of aliphatic hydroxyl groups is 1. The van der Waals surface area contributed by atoms with Gasteiger partial charge in [-0.15, -0.1) is 0 Å². The molecule has 0 radical (unpaired) electrons. The van der Waals surface area contributed by atoms with E-state index in [1.54, 1.807) is 25.3 Å². The maximum Gasteiger partial charge on any atom is 0.222 e. The molecule has 0 saturated carbocycles. The van der Waals surface area contributed by atoms with Crippen LogP contribution in [0.1, 0.15) is 31.1 Å². The lowest BCUT2D eigenvalue weighted by molar-refractivity contribution is -0.122. The average Bonchev–Trinajstić information content (AvgIpc) is 3.13. The van der Waals surface area contributed by atoms with Crippen LogP contribution in [0.15, 0.2) is 42.7 Å². The quantitative estimate of drug-likeness (QED) is 0.778. The number of aliphatic hydroxyl groups excluding tert-OH is 1. The predicted octanol–water partition coefficient (Wildman–Crippen LogP) is 2.31. The lowest BCUT2D eigenvalue weighted by Gasteiger charge is -2.18. The number of benzene rings is 1. The number of nitrogens with one attached hydrogen (secondary N) is 1. The Bertz CT molecular complexity index is 655. The Kier molecular flexibility index (Phi) is 6.26. The van der Waals surface area contributed by atoms with Gasteiger partial charge in [-0.05, 0) is 37.3 Å². The molecule has 0 spiro atoms. The first-order chi connectivity index (χ1) is 11.5. The van der Waals surface area contributed by atoms with Crippen LogP contribution in [0.4, 0.5) is 0 Å². The molecule has 6 nitrogen and oxygen atoms in total. The van der Waals surface area contributed by atoms with Gasteiger partial charge in [0.2, 0.25) is 5.91 Å². The molecule has 130 valence electrons. The fourth-order valence-electron chi connectivity index (χ4n) is 2.51. The average molecular weight is 332 g/mol. The minimum absolute atomic E-state index is 0.0588. The first-order valence-corrected chi connectivity index (χ1v) is 7.84. The Balaban J connectivity index is 1.92. The second-order valence-electron chi connectivity index (χ2n) is 5.61. The van der Waals surface area contributed by atoms with E-state index in [-0.39, 0.29) is 18.5 Å². The minimum atomic E-state index is -0.874. The highest BCUT2D eigenvalue weighted by molar-refractivity contribution is 5.76. The van der Waals surface area contributed by atoms with Crippen molar-refractivity contribution < 1.29 is 19.4 Å². The van der Waals surface area contributed by atoms with Gasteiger partial charge in [0, 0.05) is 37.0 Å². The van der Waals surface area contributed by atoms with Gasteiger partial charge in [-0.2, -0.15) is 0 Å². The summed E-state index contributed by atoms with van der Waals surface area (Å²) in [5.74, 6) is 1.06. The van der Waals surface area contributed by atoms with Crippen molar-refractivity contribution in [3.63, 3.8) is 0 Å². The number of aromatic nitrogens is 1. The molecule has 0 aliphatic heterocycles. The van der Waals surface area contributed by atoms with Gasteiger partial charge in [0.05, 0.1) is 20.3 Å². The van der Waals surface area contributed by atoms with Gasteiger partial charge in [0.25, 0.3) is 0 Å². The van der Waals surface area contributed by atoms with E-state index >= 15 is 0 Å². The fourth-order valence-corrected chi connectivity index (χ4v) is 2.51. The molecule has 0 aliphatic carbocycles. The van der Waals surface area contributed by atoms with E-state index in [0.29, 0.717) is 23.5 Å². The van der Waals surface area contributed by atoms with E-state index in [1.165, 1.54) is 7.11 Å². The largest absolute Gasteiger partial charge is 0.497 e. The topological polar surface area (TPSA) is 72.7 Å². The zero-order valence-corrected chi connectivity index (χ0v) is 14.2. The van der Waals surface area contributed by atoms with Gasteiger partial charge >= 0.3 is 0 Å². The number of nitrogens with zero attached hydrogens (tertiary/aromatic N) is 1. The Morgan fingerprint density at radius 3 is 2.58 bits per heavy atom. The van der Waals surface area contributed by atoms with E-state index in [4.69, 9.17) is 9.47 Å². The number of rotatable bonds is 8. The molecule has 1 heterocycles. The standard InChI is InChI=1S/C18H24N2O4/c1-13(20-8-4-5-9-20)10-18(22)19-12-16(21)15-11-14(23-2)6-7-17(15)24-3/h4-9,11,13,16,21H,10,12H2,1-3H3,(H,19,22)/t13-,16-/m1/s1. The number of carbonyl (C=O) groups is 1. The van der Waals surface area contributed by atoms with Crippen molar-refractivity contribution in [1.82, 2.24) is 9.88 Å². The second-order valence-corrected chi connectivity index (χ2v) is 5.61. The highest BCUT2D eigenvalue weighted by Gasteiger charge is 2.17. The molecule has 2 rings (SSSR count). The molecule has 0 fully saturated rings. The highest BCUT2D eigenvalue weighted by atomic mass is 16.5. The van der Waals surface area contributed by atoms with Gasteiger partial charge in [-0.1, -0.05) is 0 Å². The number of carbonyl (C=O) groups excluding carboxylic acids is 1. The van der Waals surface area contributed by atoms with E-state index in [2.05, 4.69) is 5.32 Å². The van der Waals surface area contributed by atoms with E-state index in [0.717, 1.165) is 0 Å². The lowest BCUT2D eigenvalue weighted by Crippen LogP contribution is -2.30. The van der Waals surface area contributed by atoms with Crippen LogP contribution in [-0.2, 0) is 4.79 Å². The lowest BCUT2D eigenvalue weighted by atomic mass is 10.1. The summed E-state index contributed by atoms with van der Waals surface area (Å²) in [6.07, 6.45) is 3.32. The molecule has 0 unspecified atom stereocenters. The second kappa shape index (κ2) is 8.40. The van der Waals surface area contributed by atoms with Crippen LogP contribution >= 0.6 is 0 Å². The molecule has 2 aromatic rings. The van der Waals surface area contributed by atoms with Crippen LogP contribution in [-0.4, -0.2) is 36.3 Å². The zero-order valence-electron chi connectivity index (χ0n) is 14.2. The smallest absolute Gasteiger partial charge is 0.222 e. The Labute approximate surface area is 142 Å². The molecule has 1 aromatic heterocycles. The number of hydrogen-bond acceptors (Lipinski definition) is 4. The van der Waals surface area contributed by atoms with Crippen molar-refractivity contribution in [1.29, 1.82) is 0 Å². The van der Waals surface area contributed by atoms with Gasteiger partial charge in [-0.3, -0.25) is 4.79 Å². The Morgan fingerprint density at radius 1 is 1.25 bits per heavy atom. The third-order valence-electron chi connectivity index (χ3n) is 3.91. The summed E-state index contributed by atoms with van der Waals surface area (Å²) in [7, 11) is 3.09. The van der Waals surface area contributed by atoms with E-state index in [1.807, 2.05) is 36.0 Å². The van der Waals surface area contributed by atoms with Gasteiger partial charge in [0.1, 0.15) is 11.5 Å². The van der Waals surface area contributed by atoms with Gasteiger partial charge in [-0.25, -0.2) is 0 Å². The van der Waals surface area contributed by atoms with Crippen molar-refractivity contribution in [3.8, 4) is 11.5 Å². The molecule has 2 atom stereocenters. The first-order valence-electron chi connectivity index (χ1n) is 7.84. The summed E-state index contributed by atoms with van der Waals surface area (Å²) < 4.78 is 12.4. The van der Waals surface area contributed by atoms with Crippen LogP contribution in [0.3, 0.4) is 0 Å². The van der Waals surface area contributed by atoms with Gasteiger partial charge in [0.15, 0.2) is 0 Å². The van der Waals surface area contributed by atoms with Crippen LogP contribution in [0.2, 0.25) is 0 Å². The normalized spacial score (nSPS) is 13.2. The molecular formula is C18H24N2O4. The summed E-state index contributed by atoms with van der Waals surface area (Å²) in [6.45, 7) is 2.09. The maximum atomic E-state index is 12.1. The third kappa shape index (κ3) is 4.52. The fraction of sp³-hybridized carbons (Fsp3) is 0.389. The molecule has 6 heteroatoms. The third-order valence-corrected chi connectivity index (χ3v) is 3.91. The summed E-state index contributed by atoms with van der Waals surface area (Å²) in [5.41, 5.74) is 0.579. The molecule has 2 N–H and O–H groups in total. The number of methoxy groups -OCH3 is 2. The van der Waals surface area contributed by atoms with Crippen molar-refractivity contribution in [3.05, 3.63) is 48.3 Å². The number of amides is 1. The molecule has 0 saturated heterocycles.